The lowest BCUT2D eigenvalue weighted by Crippen LogP contribution is -2.24. The fourth-order valence-electron chi connectivity index (χ4n) is 3.04. The molecule has 136 valence electrons. The number of carbonyl (C=O) groups excluding carboxylic acids is 2. The number of benzene rings is 1. The fraction of sp³-hybridized carbons (Fsp3) is 0.300. The summed E-state index contributed by atoms with van der Waals surface area (Å²) < 4.78 is 0. The van der Waals surface area contributed by atoms with Crippen molar-refractivity contribution in [3.05, 3.63) is 52.3 Å². The van der Waals surface area contributed by atoms with E-state index in [9.17, 15) is 9.59 Å². The van der Waals surface area contributed by atoms with Crippen molar-refractivity contribution in [1.29, 1.82) is 0 Å². The first kappa shape index (κ1) is 18.3. The Bertz CT molecular complexity index is 883. The molecule has 0 saturated carbocycles. The van der Waals surface area contributed by atoms with E-state index in [0.29, 0.717) is 17.7 Å². The summed E-state index contributed by atoms with van der Waals surface area (Å²) in [5.74, 6) is 0.758. The second-order valence-electron chi connectivity index (χ2n) is 6.42. The molecule has 1 aliphatic heterocycles. The van der Waals surface area contributed by atoms with E-state index >= 15 is 0 Å². The molecular formula is C20H23N3O2S. The zero-order valence-electron chi connectivity index (χ0n) is 15.2. The van der Waals surface area contributed by atoms with Gasteiger partial charge in [-0.2, -0.15) is 11.8 Å². The maximum absolute atomic E-state index is 12.4. The second kappa shape index (κ2) is 7.83. The fourth-order valence-corrected chi connectivity index (χ4v) is 3.47. The molecule has 2 amide bonds. The highest BCUT2D eigenvalue weighted by molar-refractivity contribution is 7.98. The van der Waals surface area contributed by atoms with Crippen molar-refractivity contribution in [1.82, 2.24) is 10.3 Å². The summed E-state index contributed by atoms with van der Waals surface area (Å²) >= 11 is 1.76. The molecule has 26 heavy (non-hydrogen) atoms. The van der Waals surface area contributed by atoms with Crippen molar-refractivity contribution >= 4 is 40.9 Å². The minimum Gasteiger partial charge on any atom is -0.359 e. The van der Waals surface area contributed by atoms with Gasteiger partial charge < -0.3 is 15.6 Å². The number of aromatic amines is 1. The molecule has 0 bridgehead atoms. The molecule has 1 aromatic carbocycles. The molecular weight excluding hydrogens is 346 g/mol. The zero-order chi connectivity index (χ0) is 18.7. The zero-order valence-corrected chi connectivity index (χ0v) is 16.0. The van der Waals surface area contributed by atoms with Gasteiger partial charge in [0.25, 0.3) is 11.8 Å². The summed E-state index contributed by atoms with van der Waals surface area (Å²) in [6.45, 7) is 4.64. The highest BCUT2D eigenvalue weighted by Crippen LogP contribution is 2.34. The van der Waals surface area contributed by atoms with Crippen molar-refractivity contribution in [2.24, 2.45) is 0 Å². The molecule has 1 aromatic heterocycles. The molecule has 0 fully saturated rings. The quantitative estimate of drug-likeness (QED) is 0.538. The molecule has 2 aromatic rings. The number of hydrogen-bond donors (Lipinski definition) is 3. The molecule has 6 heteroatoms. The van der Waals surface area contributed by atoms with Crippen LogP contribution in [0.4, 0.5) is 5.69 Å². The summed E-state index contributed by atoms with van der Waals surface area (Å²) in [4.78, 5) is 28.0. The second-order valence-corrected chi connectivity index (χ2v) is 7.41. The molecule has 0 atom stereocenters. The molecule has 3 N–H and O–H groups in total. The highest BCUT2D eigenvalue weighted by atomic mass is 32.2. The van der Waals surface area contributed by atoms with E-state index in [4.69, 9.17) is 0 Å². The van der Waals surface area contributed by atoms with Crippen LogP contribution in [-0.4, -0.2) is 35.4 Å². The first-order valence-electron chi connectivity index (χ1n) is 8.60. The number of aromatic nitrogens is 1. The van der Waals surface area contributed by atoms with Crippen molar-refractivity contribution < 1.29 is 9.59 Å². The van der Waals surface area contributed by atoms with Crippen LogP contribution in [0.5, 0.6) is 0 Å². The molecule has 5 nitrogen and oxygen atoms in total. The van der Waals surface area contributed by atoms with Crippen molar-refractivity contribution in [2.75, 3.05) is 23.9 Å². The van der Waals surface area contributed by atoms with Gasteiger partial charge in [-0.25, -0.2) is 0 Å². The summed E-state index contributed by atoms with van der Waals surface area (Å²) in [5.41, 5.74) is 5.67. The van der Waals surface area contributed by atoms with Gasteiger partial charge in [-0.1, -0.05) is 0 Å². The van der Waals surface area contributed by atoms with Gasteiger partial charge in [-0.05, 0) is 68.2 Å². The standard InChI is InChI=1S/C20H23N3O2S/c1-12-9-13(2)22-18(12)11-16-15-10-14(5-6-17(15)23-20(16)25)19(24)21-7-4-8-26-3/h5-6,9-11,22H,4,7-8H2,1-3H3,(H,21,24)(H,23,25)/b16-11-. The Morgan fingerprint density at radius 3 is 2.77 bits per heavy atom. The van der Waals surface area contributed by atoms with Crippen molar-refractivity contribution in [3.63, 3.8) is 0 Å². The molecule has 0 spiro atoms. The lowest BCUT2D eigenvalue weighted by molar-refractivity contribution is -0.110. The van der Waals surface area contributed by atoms with E-state index in [-0.39, 0.29) is 11.8 Å². The number of fused-ring (bicyclic) bond motifs is 1. The Kier molecular flexibility index (Phi) is 5.52. The van der Waals surface area contributed by atoms with E-state index < -0.39 is 0 Å². The molecule has 0 radical (unpaired) electrons. The van der Waals surface area contributed by atoms with Gasteiger partial charge in [0, 0.05) is 34.7 Å². The Morgan fingerprint density at radius 2 is 2.08 bits per heavy atom. The predicted octanol–water partition coefficient (Wildman–Crippen LogP) is 3.61. The number of hydrogen-bond acceptors (Lipinski definition) is 3. The van der Waals surface area contributed by atoms with E-state index in [2.05, 4.69) is 15.6 Å². The first-order chi connectivity index (χ1) is 12.5. The largest absolute Gasteiger partial charge is 0.359 e. The summed E-state index contributed by atoms with van der Waals surface area (Å²) in [7, 11) is 0. The minimum absolute atomic E-state index is 0.112. The number of rotatable bonds is 6. The third-order valence-corrected chi connectivity index (χ3v) is 5.05. The monoisotopic (exact) mass is 369 g/mol. The minimum atomic E-state index is -0.149. The number of H-pyrrole nitrogens is 1. The smallest absolute Gasteiger partial charge is 0.256 e. The van der Waals surface area contributed by atoms with Gasteiger partial charge in [0.2, 0.25) is 0 Å². The third kappa shape index (κ3) is 3.85. The van der Waals surface area contributed by atoms with Crippen LogP contribution in [0, 0.1) is 13.8 Å². The van der Waals surface area contributed by atoms with E-state index in [0.717, 1.165) is 40.4 Å². The number of carbonyl (C=O) groups is 2. The molecule has 3 rings (SSSR count). The van der Waals surface area contributed by atoms with Crippen LogP contribution in [-0.2, 0) is 4.79 Å². The van der Waals surface area contributed by atoms with Crippen LogP contribution in [0.2, 0.25) is 0 Å². The average Bonchev–Trinajstić information content (AvgIpc) is 3.10. The van der Waals surface area contributed by atoms with Crippen LogP contribution in [0.1, 0.15) is 39.3 Å². The molecule has 1 aliphatic rings. The van der Waals surface area contributed by atoms with Gasteiger partial charge >= 0.3 is 0 Å². The highest BCUT2D eigenvalue weighted by Gasteiger charge is 2.25. The number of anilines is 1. The molecule has 0 aliphatic carbocycles. The van der Waals surface area contributed by atoms with E-state index in [1.54, 1.807) is 30.0 Å². The van der Waals surface area contributed by atoms with E-state index in [1.807, 2.05) is 32.2 Å². The summed E-state index contributed by atoms with van der Waals surface area (Å²) in [6.07, 6.45) is 4.84. The van der Waals surface area contributed by atoms with Crippen LogP contribution in [0.25, 0.3) is 11.6 Å². The average molecular weight is 369 g/mol. The maximum Gasteiger partial charge on any atom is 0.256 e. The van der Waals surface area contributed by atoms with Gasteiger partial charge in [-0.3, -0.25) is 9.59 Å². The van der Waals surface area contributed by atoms with Crippen LogP contribution in [0.15, 0.2) is 24.3 Å². The van der Waals surface area contributed by atoms with Gasteiger partial charge in [0.15, 0.2) is 0 Å². The summed E-state index contributed by atoms with van der Waals surface area (Å²) in [6, 6.07) is 7.36. The number of nitrogens with one attached hydrogen (secondary N) is 3. The molecule has 0 unspecified atom stereocenters. The van der Waals surface area contributed by atoms with Crippen molar-refractivity contribution in [3.8, 4) is 0 Å². The van der Waals surface area contributed by atoms with Gasteiger partial charge in [-0.15, -0.1) is 0 Å². The molecule has 2 heterocycles. The first-order valence-corrected chi connectivity index (χ1v) is 10.00. The van der Waals surface area contributed by atoms with Crippen LogP contribution >= 0.6 is 11.8 Å². The lowest BCUT2D eigenvalue weighted by Gasteiger charge is -2.06. The Balaban J connectivity index is 1.86. The van der Waals surface area contributed by atoms with Crippen LogP contribution in [0.3, 0.4) is 0 Å². The lowest BCUT2D eigenvalue weighted by atomic mass is 10.0. The Labute approximate surface area is 157 Å². The van der Waals surface area contributed by atoms with E-state index in [1.165, 1.54) is 0 Å². The van der Waals surface area contributed by atoms with Crippen molar-refractivity contribution in [2.45, 2.75) is 20.3 Å². The van der Waals surface area contributed by atoms with Gasteiger partial charge in [0.05, 0.1) is 5.57 Å². The third-order valence-electron chi connectivity index (χ3n) is 4.35. The Morgan fingerprint density at radius 1 is 1.27 bits per heavy atom. The topological polar surface area (TPSA) is 74.0 Å². The van der Waals surface area contributed by atoms with Crippen LogP contribution < -0.4 is 10.6 Å². The predicted molar refractivity (Wildman–Crippen MR) is 109 cm³/mol. The number of amides is 2. The molecule has 0 saturated heterocycles. The Hall–Kier alpha value is -2.47. The normalized spacial score (nSPS) is 14.4. The number of thioether (sulfide) groups is 1. The SMILES string of the molecule is CSCCCNC(=O)c1ccc2c(c1)/C(=C/c1[nH]c(C)cc1C)C(=O)N2. The van der Waals surface area contributed by atoms with Gasteiger partial charge in [0.1, 0.15) is 0 Å². The number of aryl methyl sites for hydroxylation is 2. The summed E-state index contributed by atoms with van der Waals surface area (Å²) in [5, 5.41) is 5.79. The maximum atomic E-state index is 12.4.